The summed E-state index contributed by atoms with van der Waals surface area (Å²) in [6, 6.07) is 0.606. The average molecular weight is 237 g/mol. The van der Waals surface area contributed by atoms with Crippen molar-refractivity contribution in [1.82, 2.24) is 5.32 Å². The number of hydrogen-bond acceptors (Lipinski definition) is 2. The molecule has 1 aliphatic carbocycles. The second kappa shape index (κ2) is 6.55. The number of nitrogens with one attached hydrogen (secondary N) is 1. The highest BCUT2D eigenvalue weighted by Crippen LogP contribution is 2.29. The van der Waals surface area contributed by atoms with E-state index in [9.17, 15) is 0 Å². The predicted molar refractivity (Wildman–Crippen MR) is 72.2 cm³/mol. The predicted octanol–water partition coefficient (Wildman–Crippen LogP) is 3.28. The summed E-state index contributed by atoms with van der Waals surface area (Å²) >= 11 is 0. The second-order valence-corrected chi connectivity index (χ2v) is 5.98. The van der Waals surface area contributed by atoms with E-state index in [0.29, 0.717) is 11.5 Å². The maximum absolute atomic E-state index is 5.45. The topological polar surface area (TPSA) is 21.3 Å². The van der Waals surface area contributed by atoms with Crippen LogP contribution in [0.1, 0.15) is 51.9 Å². The van der Waals surface area contributed by atoms with E-state index in [2.05, 4.69) is 24.4 Å². The minimum atomic E-state index is 0.453. The molecule has 0 spiro atoms. The van der Waals surface area contributed by atoms with Crippen molar-refractivity contribution in [2.24, 2.45) is 5.41 Å². The first-order valence-electron chi connectivity index (χ1n) is 7.26. The van der Waals surface area contributed by atoms with Gasteiger partial charge in [-0.05, 0) is 37.5 Å². The largest absolute Gasteiger partial charge is 0.381 e. The molecule has 1 saturated heterocycles. The van der Waals surface area contributed by atoms with Crippen LogP contribution in [0.15, 0.2) is 12.2 Å². The van der Waals surface area contributed by atoms with Crippen LogP contribution in [-0.2, 0) is 4.74 Å². The standard InChI is InChI=1S/C15H27NO/c1-15(9-11-17-12-10-15)13-16-14-7-5-3-2-4-6-8-14/h5,7,14,16H,2-4,6,8-13H2,1H3/b7-5+. The molecule has 0 radical (unpaired) electrons. The maximum atomic E-state index is 5.45. The Morgan fingerprint density at radius 1 is 1.24 bits per heavy atom. The fourth-order valence-electron chi connectivity index (χ4n) is 2.75. The summed E-state index contributed by atoms with van der Waals surface area (Å²) in [7, 11) is 0. The number of hydrogen-bond donors (Lipinski definition) is 1. The molecule has 0 saturated carbocycles. The van der Waals surface area contributed by atoms with E-state index in [1.165, 1.54) is 44.9 Å². The fraction of sp³-hybridized carbons (Fsp3) is 0.867. The van der Waals surface area contributed by atoms with E-state index in [1.807, 2.05) is 0 Å². The lowest BCUT2D eigenvalue weighted by Crippen LogP contribution is -2.40. The molecule has 17 heavy (non-hydrogen) atoms. The van der Waals surface area contributed by atoms with Crippen LogP contribution in [0, 0.1) is 5.41 Å². The summed E-state index contributed by atoms with van der Waals surface area (Å²) in [5.74, 6) is 0. The van der Waals surface area contributed by atoms with Gasteiger partial charge in [0, 0.05) is 25.8 Å². The van der Waals surface area contributed by atoms with Gasteiger partial charge in [0.05, 0.1) is 0 Å². The van der Waals surface area contributed by atoms with Crippen LogP contribution in [0.2, 0.25) is 0 Å². The van der Waals surface area contributed by atoms with Gasteiger partial charge in [-0.1, -0.05) is 31.9 Å². The van der Waals surface area contributed by atoms with Crippen molar-refractivity contribution in [3.8, 4) is 0 Å². The Morgan fingerprint density at radius 2 is 2.06 bits per heavy atom. The summed E-state index contributed by atoms with van der Waals surface area (Å²) in [5, 5.41) is 3.76. The Labute approximate surface area is 106 Å². The quantitative estimate of drug-likeness (QED) is 0.761. The van der Waals surface area contributed by atoms with Gasteiger partial charge in [0.25, 0.3) is 0 Å². The number of allylic oxidation sites excluding steroid dienone is 1. The molecule has 0 aromatic rings. The zero-order valence-corrected chi connectivity index (χ0v) is 11.2. The third-order valence-corrected chi connectivity index (χ3v) is 4.25. The Bertz CT molecular complexity index is 243. The molecule has 2 nitrogen and oxygen atoms in total. The minimum absolute atomic E-state index is 0.453. The van der Waals surface area contributed by atoms with E-state index in [-0.39, 0.29) is 0 Å². The first-order valence-corrected chi connectivity index (χ1v) is 7.26. The molecule has 1 aliphatic heterocycles. The van der Waals surface area contributed by atoms with Gasteiger partial charge in [0.15, 0.2) is 0 Å². The lowest BCUT2D eigenvalue weighted by atomic mass is 9.82. The highest BCUT2D eigenvalue weighted by molar-refractivity contribution is 4.95. The van der Waals surface area contributed by atoms with Crippen LogP contribution in [0.3, 0.4) is 0 Å². The molecular weight excluding hydrogens is 210 g/mol. The first-order chi connectivity index (χ1) is 8.29. The minimum Gasteiger partial charge on any atom is -0.381 e. The van der Waals surface area contributed by atoms with Crippen molar-refractivity contribution >= 4 is 0 Å². The number of ether oxygens (including phenoxy) is 1. The van der Waals surface area contributed by atoms with E-state index in [1.54, 1.807) is 0 Å². The molecule has 2 aliphatic rings. The molecule has 1 heterocycles. The van der Waals surface area contributed by atoms with E-state index < -0.39 is 0 Å². The third-order valence-electron chi connectivity index (χ3n) is 4.25. The lowest BCUT2D eigenvalue weighted by molar-refractivity contribution is 0.0233. The van der Waals surface area contributed by atoms with Gasteiger partial charge in [0.2, 0.25) is 0 Å². The van der Waals surface area contributed by atoms with Gasteiger partial charge >= 0.3 is 0 Å². The molecule has 0 aromatic heterocycles. The summed E-state index contributed by atoms with van der Waals surface area (Å²) in [6.45, 7) is 5.43. The highest BCUT2D eigenvalue weighted by atomic mass is 16.5. The number of rotatable bonds is 3. The van der Waals surface area contributed by atoms with E-state index in [0.717, 1.165) is 19.8 Å². The Balaban J connectivity index is 1.77. The van der Waals surface area contributed by atoms with Crippen molar-refractivity contribution < 1.29 is 4.74 Å². The Kier molecular flexibility index (Phi) is 5.05. The van der Waals surface area contributed by atoms with Gasteiger partial charge in [-0.15, -0.1) is 0 Å². The zero-order valence-electron chi connectivity index (χ0n) is 11.2. The van der Waals surface area contributed by atoms with Crippen molar-refractivity contribution in [3.05, 3.63) is 12.2 Å². The van der Waals surface area contributed by atoms with Gasteiger partial charge < -0.3 is 10.1 Å². The van der Waals surface area contributed by atoms with Gasteiger partial charge in [0.1, 0.15) is 0 Å². The summed E-state index contributed by atoms with van der Waals surface area (Å²) < 4.78 is 5.45. The van der Waals surface area contributed by atoms with Gasteiger partial charge in [-0.3, -0.25) is 0 Å². The maximum Gasteiger partial charge on any atom is 0.0471 e. The second-order valence-electron chi connectivity index (χ2n) is 5.98. The van der Waals surface area contributed by atoms with E-state index in [4.69, 9.17) is 4.74 Å². The monoisotopic (exact) mass is 237 g/mol. The third kappa shape index (κ3) is 4.44. The summed E-state index contributed by atoms with van der Waals surface area (Å²) in [4.78, 5) is 0. The van der Waals surface area contributed by atoms with Crippen molar-refractivity contribution in [1.29, 1.82) is 0 Å². The van der Waals surface area contributed by atoms with Crippen LogP contribution < -0.4 is 5.32 Å². The molecule has 0 bridgehead atoms. The van der Waals surface area contributed by atoms with Gasteiger partial charge in [-0.2, -0.15) is 0 Å². The Morgan fingerprint density at radius 3 is 2.88 bits per heavy atom. The van der Waals surface area contributed by atoms with Crippen molar-refractivity contribution in [2.45, 2.75) is 57.9 Å². The normalized spacial score (nSPS) is 31.5. The van der Waals surface area contributed by atoms with Crippen LogP contribution >= 0.6 is 0 Å². The first kappa shape index (κ1) is 13.1. The van der Waals surface area contributed by atoms with Crippen LogP contribution in [-0.4, -0.2) is 25.8 Å². The lowest BCUT2D eigenvalue weighted by Gasteiger charge is -2.35. The Hall–Kier alpha value is -0.340. The molecule has 2 heteroatoms. The molecule has 2 rings (SSSR count). The average Bonchev–Trinajstić information content (AvgIpc) is 2.28. The molecular formula is C15H27NO. The summed E-state index contributed by atoms with van der Waals surface area (Å²) in [5.41, 5.74) is 0.453. The highest BCUT2D eigenvalue weighted by Gasteiger charge is 2.27. The smallest absolute Gasteiger partial charge is 0.0471 e. The van der Waals surface area contributed by atoms with Crippen LogP contribution in [0.4, 0.5) is 0 Å². The molecule has 1 atom stereocenters. The molecule has 1 unspecified atom stereocenters. The zero-order chi connectivity index (χ0) is 12.0. The molecule has 0 aromatic carbocycles. The molecule has 0 amide bonds. The van der Waals surface area contributed by atoms with Crippen LogP contribution in [0.5, 0.6) is 0 Å². The SMILES string of the molecule is CC1(CNC2/C=C/CCCCC2)CCOCC1. The summed E-state index contributed by atoms with van der Waals surface area (Å²) in [6.07, 6.45) is 13.9. The van der Waals surface area contributed by atoms with Crippen molar-refractivity contribution in [3.63, 3.8) is 0 Å². The molecule has 1 fully saturated rings. The molecule has 98 valence electrons. The van der Waals surface area contributed by atoms with Crippen molar-refractivity contribution in [2.75, 3.05) is 19.8 Å². The fourth-order valence-corrected chi connectivity index (χ4v) is 2.75. The molecule has 1 N–H and O–H groups in total. The van der Waals surface area contributed by atoms with E-state index >= 15 is 0 Å². The van der Waals surface area contributed by atoms with Crippen LogP contribution in [0.25, 0.3) is 0 Å². The van der Waals surface area contributed by atoms with Gasteiger partial charge in [-0.25, -0.2) is 0 Å².